The Morgan fingerprint density at radius 3 is 2.64 bits per heavy atom. The number of amides is 1. The van der Waals surface area contributed by atoms with Crippen LogP contribution < -0.4 is 5.73 Å². The van der Waals surface area contributed by atoms with E-state index in [0.717, 1.165) is 6.07 Å². The molecule has 118 valence electrons. The fraction of sp³-hybridized carbons (Fsp3) is 0.375. The number of nitrogens with zero attached hydrogens (tertiary/aromatic N) is 1. The molecule has 0 saturated carbocycles. The van der Waals surface area contributed by atoms with Gasteiger partial charge in [-0.2, -0.15) is 0 Å². The fourth-order valence-corrected chi connectivity index (χ4v) is 1.90. The van der Waals surface area contributed by atoms with Crippen molar-refractivity contribution in [3.8, 4) is 12.3 Å². The van der Waals surface area contributed by atoms with Gasteiger partial charge in [-0.05, 0) is 24.1 Å². The fourth-order valence-electron chi connectivity index (χ4n) is 1.90. The summed E-state index contributed by atoms with van der Waals surface area (Å²) in [5.74, 6) is 0.581. The third kappa shape index (κ3) is 4.86. The monoisotopic (exact) mass is 306 g/mol. The van der Waals surface area contributed by atoms with Gasteiger partial charge >= 0.3 is 5.97 Å². The molecule has 6 heteroatoms. The van der Waals surface area contributed by atoms with Crippen LogP contribution in [0.1, 0.15) is 29.8 Å². The van der Waals surface area contributed by atoms with Gasteiger partial charge in [0.2, 0.25) is 0 Å². The zero-order chi connectivity index (χ0) is 16.7. The standard InChI is InChI=1S/C16H19FN2O3/c1-4-12-5-6-13(7-14(12)17)16(21)19(8-11(2)3)9-15(20)22-10-18/h1,5-7,11H,8-10,18H2,2-3H3. The van der Waals surface area contributed by atoms with Crippen LogP contribution in [0.15, 0.2) is 18.2 Å². The molecule has 0 radical (unpaired) electrons. The zero-order valence-corrected chi connectivity index (χ0v) is 12.6. The van der Waals surface area contributed by atoms with Crippen molar-refractivity contribution in [1.29, 1.82) is 0 Å². The van der Waals surface area contributed by atoms with Gasteiger partial charge in [-0.25, -0.2) is 4.39 Å². The molecule has 0 heterocycles. The number of carbonyl (C=O) groups excluding carboxylic acids is 2. The maximum absolute atomic E-state index is 13.7. The number of carbonyl (C=O) groups is 2. The van der Waals surface area contributed by atoms with E-state index in [1.54, 1.807) is 0 Å². The molecule has 5 nitrogen and oxygen atoms in total. The number of benzene rings is 1. The van der Waals surface area contributed by atoms with Crippen LogP contribution >= 0.6 is 0 Å². The van der Waals surface area contributed by atoms with Crippen molar-refractivity contribution in [2.45, 2.75) is 13.8 Å². The van der Waals surface area contributed by atoms with Crippen LogP contribution in [0.3, 0.4) is 0 Å². The van der Waals surface area contributed by atoms with Gasteiger partial charge in [-0.3, -0.25) is 15.3 Å². The van der Waals surface area contributed by atoms with E-state index in [4.69, 9.17) is 12.2 Å². The SMILES string of the molecule is C#Cc1ccc(C(=O)N(CC(=O)OCN)CC(C)C)cc1F. The molecule has 0 saturated heterocycles. The van der Waals surface area contributed by atoms with E-state index < -0.39 is 17.7 Å². The molecule has 0 aromatic heterocycles. The first-order chi connectivity index (χ1) is 10.4. The van der Waals surface area contributed by atoms with Gasteiger partial charge in [0, 0.05) is 12.1 Å². The van der Waals surface area contributed by atoms with Crippen LogP contribution in [0.4, 0.5) is 4.39 Å². The Labute approximate surface area is 129 Å². The normalized spacial score (nSPS) is 10.2. The molecule has 1 aromatic rings. The minimum absolute atomic E-state index is 0.0782. The lowest BCUT2D eigenvalue weighted by Crippen LogP contribution is -2.39. The Morgan fingerprint density at radius 1 is 1.45 bits per heavy atom. The summed E-state index contributed by atoms with van der Waals surface area (Å²) in [6.07, 6.45) is 5.14. The maximum atomic E-state index is 13.7. The minimum atomic E-state index is -0.651. The predicted molar refractivity (Wildman–Crippen MR) is 80.2 cm³/mol. The average molecular weight is 306 g/mol. The maximum Gasteiger partial charge on any atom is 0.326 e. The van der Waals surface area contributed by atoms with E-state index in [9.17, 15) is 14.0 Å². The summed E-state index contributed by atoms with van der Waals surface area (Å²) >= 11 is 0. The van der Waals surface area contributed by atoms with Gasteiger partial charge in [0.15, 0.2) is 0 Å². The first-order valence-electron chi connectivity index (χ1n) is 6.80. The van der Waals surface area contributed by atoms with E-state index >= 15 is 0 Å². The van der Waals surface area contributed by atoms with E-state index in [0.29, 0.717) is 6.54 Å². The van der Waals surface area contributed by atoms with Gasteiger partial charge in [-0.15, -0.1) is 6.42 Å². The van der Waals surface area contributed by atoms with Gasteiger partial charge < -0.3 is 9.64 Å². The summed E-state index contributed by atoms with van der Waals surface area (Å²) in [5.41, 5.74) is 5.33. The predicted octanol–water partition coefficient (Wildman–Crippen LogP) is 1.36. The third-order valence-corrected chi connectivity index (χ3v) is 2.81. The molecule has 0 atom stereocenters. The summed E-state index contributed by atoms with van der Waals surface area (Å²) in [4.78, 5) is 25.3. The number of halogens is 1. The zero-order valence-electron chi connectivity index (χ0n) is 12.6. The Balaban J connectivity index is 2.98. The molecule has 2 N–H and O–H groups in total. The highest BCUT2D eigenvalue weighted by Crippen LogP contribution is 2.13. The molecular weight excluding hydrogens is 287 g/mol. The molecule has 0 aliphatic rings. The van der Waals surface area contributed by atoms with Crippen LogP contribution in [0.25, 0.3) is 0 Å². The smallest absolute Gasteiger partial charge is 0.326 e. The Kier molecular flexibility index (Phi) is 6.54. The van der Waals surface area contributed by atoms with Crippen molar-refractivity contribution in [2.24, 2.45) is 11.7 Å². The Morgan fingerprint density at radius 2 is 2.14 bits per heavy atom. The highest BCUT2D eigenvalue weighted by molar-refractivity contribution is 5.96. The van der Waals surface area contributed by atoms with Crippen molar-refractivity contribution < 1.29 is 18.7 Å². The quantitative estimate of drug-likeness (QED) is 0.489. The van der Waals surface area contributed by atoms with Crippen molar-refractivity contribution in [3.05, 3.63) is 35.1 Å². The second-order valence-electron chi connectivity index (χ2n) is 5.10. The first-order valence-corrected chi connectivity index (χ1v) is 6.80. The lowest BCUT2D eigenvalue weighted by atomic mass is 10.1. The number of hydrogen-bond acceptors (Lipinski definition) is 4. The molecular formula is C16H19FN2O3. The topological polar surface area (TPSA) is 72.6 Å². The van der Waals surface area contributed by atoms with Crippen molar-refractivity contribution in [1.82, 2.24) is 4.90 Å². The summed E-state index contributed by atoms with van der Waals surface area (Å²) in [6, 6.07) is 3.86. The molecule has 0 aliphatic carbocycles. The second kappa shape index (κ2) is 8.15. The molecule has 0 spiro atoms. The van der Waals surface area contributed by atoms with E-state index in [1.807, 2.05) is 13.8 Å². The lowest BCUT2D eigenvalue weighted by Gasteiger charge is -2.23. The van der Waals surface area contributed by atoms with Crippen LogP contribution in [0, 0.1) is 24.1 Å². The highest BCUT2D eigenvalue weighted by atomic mass is 19.1. The van der Waals surface area contributed by atoms with Gasteiger partial charge in [-0.1, -0.05) is 19.8 Å². The highest BCUT2D eigenvalue weighted by Gasteiger charge is 2.21. The molecule has 1 aromatic carbocycles. The van der Waals surface area contributed by atoms with Crippen LogP contribution in [0.5, 0.6) is 0 Å². The Bertz CT molecular complexity index is 594. The first kappa shape index (κ1) is 17.7. The van der Waals surface area contributed by atoms with Crippen LogP contribution in [0.2, 0.25) is 0 Å². The number of esters is 1. The van der Waals surface area contributed by atoms with Crippen LogP contribution in [-0.2, 0) is 9.53 Å². The second-order valence-corrected chi connectivity index (χ2v) is 5.10. The summed E-state index contributed by atoms with van der Waals surface area (Å²) in [5, 5.41) is 0. The van der Waals surface area contributed by atoms with E-state index in [1.165, 1.54) is 17.0 Å². The van der Waals surface area contributed by atoms with Gasteiger partial charge in [0.1, 0.15) is 19.1 Å². The molecule has 0 fully saturated rings. The minimum Gasteiger partial charge on any atom is -0.449 e. The molecule has 0 aliphatic heterocycles. The average Bonchev–Trinajstić information content (AvgIpc) is 2.45. The lowest BCUT2D eigenvalue weighted by molar-refractivity contribution is -0.144. The summed E-state index contributed by atoms with van der Waals surface area (Å²) in [6.45, 7) is 3.63. The Hall–Kier alpha value is -2.39. The summed E-state index contributed by atoms with van der Waals surface area (Å²) < 4.78 is 18.3. The van der Waals surface area contributed by atoms with Gasteiger partial charge in [0.25, 0.3) is 5.91 Å². The number of ether oxygens (including phenoxy) is 1. The number of nitrogens with two attached hydrogens (primary N) is 1. The number of rotatable bonds is 6. The number of terminal acetylenes is 1. The summed E-state index contributed by atoms with van der Waals surface area (Å²) in [7, 11) is 0. The van der Waals surface area contributed by atoms with Gasteiger partial charge in [0.05, 0.1) is 5.56 Å². The van der Waals surface area contributed by atoms with Crippen LogP contribution in [-0.4, -0.2) is 36.6 Å². The van der Waals surface area contributed by atoms with E-state index in [2.05, 4.69) is 10.7 Å². The van der Waals surface area contributed by atoms with Crippen molar-refractivity contribution >= 4 is 11.9 Å². The molecule has 1 amide bonds. The molecule has 0 unspecified atom stereocenters. The third-order valence-electron chi connectivity index (χ3n) is 2.81. The number of hydrogen-bond donors (Lipinski definition) is 1. The van der Waals surface area contributed by atoms with E-state index in [-0.39, 0.29) is 30.3 Å². The molecule has 0 bridgehead atoms. The molecule has 1 rings (SSSR count). The largest absolute Gasteiger partial charge is 0.449 e. The molecule has 22 heavy (non-hydrogen) atoms. The van der Waals surface area contributed by atoms with Crippen molar-refractivity contribution in [2.75, 3.05) is 19.8 Å². The van der Waals surface area contributed by atoms with Crippen molar-refractivity contribution in [3.63, 3.8) is 0 Å².